The number of anilines is 1. The molecule has 1 unspecified atom stereocenters. The molecule has 0 fully saturated rings. The molecule has 0 spiro atoms. The highest BCUT2D eigenvalue weighted by Gasteiger charge is 2.28. The number of esters is 2. The van der Waals surface area contributed by atoms with Crippen molar-refractivity contribution in [2.75, 3.05) is 11.9 Å². The van der Waals surface area contributed by atoms with Crippen molar-refractivity contribution in [3.05, 3.63) is 33.4 Å². The van der Waals surface area contributed by atoms with Crippen LogP contribution in [0.3, 0.4) is 0 Å². The van der Waals surface area contributed by atoms with Crippen LogP contribution in [0.4, 0.5) is 5.00 Å². The standard InChI is InChI=1S/C19H24ClN3O5S/c1-6-27-19(26)15-12(5)14(18(25)28-10(2)3)17(29-15)22-16(24)11(4)8-23-9-13(20)7-21-23/h7,9-11H,6,8H2,1-5H3,(H,22,24). The molecular formula is C19H24ClN3O5S. The van der Waals surface area contributed by atoms with E-state index in [1.165, 1.54) is 6.20 Å². The minimum Gasteiger partial charge on any atom is -0.462 e. The number of nitrogens with zero attached hydrogens (tertiary/aromatic N) is 2. The fraction of sp³-hybridized carbons (Fsp3) is 0.474. The molecule has 2 aromatic heterocycles. The summed E-state index contributed by atoms with van der Waals surface area (Å²) in [4.78, 5) is 37.8. The van der Waals surface area contributed by atoms with Crippen LogP contribution in [-0.4, -0.2) is 40.3 Å². The lowest BCUT2D eigenvalue weighted by molar-refractivity contribution is -0.119. The smallest absolute Gasteiger partial charge is 0.348 e. The summed E-state index contributed by atoms with van der Waals surface area (Å²) in [6.07, 6.45) is 2.76. The predicted octanol–water partition coefficient (Wildman–Crippen LogP) is 3.92. The molecular weight excluding hydrogens is 418 g/mol. The Morgan fingerprint density at radius 3 is 2.52 bits per heavy atom. The molecule has 2 heterocycles. The van der Waals surface area contributed by atoms with E-state index in [1.807, 2.05) is 0 Å². The third kappa shape index (κ3) is 5.80. The molecule has 158 valence electrons. The third-order valence-corrected chi connectivity index (χ3v) is 5.28. The monoisotopic (exact) mass is 441 g/mol. The number of hydrogen-bond donors (Lipinski definition) is 1. The number of rotatable bonds is 8. The average molecular weight is 442 g/mol. The summed E-state index contributed by atoms with van der Waals surface area (Å²) in [5.74, 6) is -1.94. The van der Waals surface area contributed by atoms with Gasteiger partial charge in [0.2, 0.25) is 5.91 Å². The molecule has 10 heteroatoms. The zero-order valence-electron chi connectivity index (χ0n) is 16.9. The maximum atomic E-state index is 12.7. The molecule has 29 heavy (non-hydrogen) atoms. The first kappa shape index (κ1) is 22.9. The molecule has 2 aromatic rings. The Kier molecular flexibility index (Phi) is 7.80. The molecule has 0 radical (unpaired) electrons. The second kappa shape index (κ2) is 9.89. The SMILES string of the molecule is CCOC(=O)c1sc(NC(=O)C(C)Cn2cc(Cl)cn2)c(C(=O)OC(C)C)c1C. The molecule has 8 nitrogen and oxygen atoms in total. The number of ether oxygens (including phenoxy) is 2. The summed E-state index contributed by atoms with van der Waals surface area (Å²) >= 11 is 6.84. The highest BCUT2D eigenvalue weighted by Crippen LogP contribution is 2.35. The molecule has 0 aliphatic carbocycles. The van der Waals surface area contributed by atoms with Crippen molar-refractivity contribution in [1.82, 2.24) is 9.78 Å². The molecule has 0 aromatic carbocycles. The van der Waals surface area contributed by atoms with Gasteiger partial charge in [0.1, 0.15) is 9.88 Å². The van der Waals surface area contributed by atoms with Gasteiger partial charge in [0.25, 0.3) is 0 Å². The predicted molar refractivity (Wildman–Crippen MR) is 111 cm³/mol. The van der Waals surface area contributed by atoms with E-state index >= 15 is 0 Å². The van der Waals surface area contributed by atoms with Crippen LogP contribution in [0, 0.1) is 12.8 Å². The van der Waals surface area contributed by atoms with E-state index in [0.717, 1.165) is 11.3 Å². The molecule has 1 amide bonds. The fourth-order valence-corrected chi connectivity index (χ4v) is 3.80. The molecule has 2 rings (SSSR count). The van der Waals surface area contributed by atoms with Crippen LogP contribution in [0.2, 0.25) is 5.02 Å². The molecule has 0 saturated heterocycles. The maximum absolute atomic E-state index is 12.7. The number of hydrogen-bond acceptors (Lipinski definition) is 7. The van der Waals surface area contributed by atoms with Crippen LogP contribution in [0.25, 0.3) is 0 Å². The number of thiophene rings is 1. The first-order valence-corrected chi connectivity index (χ1v) is 10.3. The van der Waals surface area contributed by atoms with Gasteiger partial charge in [0.05, 0.1) is 42.0 Å². The van der Waals surface area contributed by atoms with E-state index < -0.39 is 17.9 Å². The number of halogens is 1. The van der Waals surface area contributed by atoms with Gasteiger partial charge in [0.15, 0.2) is 0 Å². The molecule has 1 atom stereocenters. The quantitative estimate of drug-likeness (QED) is 0.623. The van der Waals surface area contributed by atoms with Gasteiger partial charge in [-0.1, -0.05) is 18.5 Å². The van der Waals surface area contributed by atoms with E-state index in [9.17, 15) is 14.4 Å². The van der Waals surface area contributed by atoms with Crippen molar-refractivity contribution in [2.24, 2.45) is 5.92 Å². The number of amides is 1. The van der Waals surface area contributed by atoms with Crippen molar-refractivity contribution < 1.29 is 23.9 Å². The van der Waals surface area contributed by atoms with E-state index in [4.69, 9.17) is 21.1 Å². The average Bonchev–Trinajstić information content (AvgIpc) is 3.17. The van der Waals surface area contributed by atoms with Crippen LogP contribution in [-0.2, 0) is 20.8 Å². The van der Waals surface area contributed by atoms with E-state index in [-0.39, 0.29) is 34.1 Å². The number of nitrogens with one attached hydrogen (secondary N) is 1. The molecule has 1 N–H and O–H groups in total. The third-order valence-electron chi connectivity index (χ3n) is 3.90. The second-order valence-electron chi connectivity index (χ2n) is 6.71. The molecule has 0 aliphatic rings. The second-order valence-corrected chi connectivity index (χ2v) is 8.16. The van der Waals surface area contributed by atoms with Gasteiger partial charge in [-0.2, -0.15) is 5.10 Å². The van der Waals surface area contributed by atoms with Gasteiger partial charge in [-0.05, 0) is 33.3 Å². The highest BCUT2D eigenvalue weighted by molar-refractivity contribution is 7.18. The van der Waals surface area contributed by atoms with Crippen LogP contribution in [0.1, 0.15) is 53.3 Å². The number of aromatic nitrogens is 2. The zero-order valence-corrected chi connectivity index (χ0v) is 18.5. The van der Waals surface area contributed by atoms with Gasteiger partial charge >= 0.3 is 11.9 Å². The van der Waals surface area contributed by atoms with Gasteiger partial charge in [-0.15, -0.1) is 11.3 Å². The Balaban J connectivity index is 2.28. The lowest BCUT2D eigenvalue weighted by Crippen LogP contribution is -2.25. The number of carbonyl (C=O) groups excluding carboxylic acids is 3. The summed E-state index contributed by atoms with van der Waals surface area (Å²) in [6.45, 7) is 9.00. The van der Waals surface area contributed by atoms with Crippen molar-refractivity contribution in [2.45, 2.75) is 47.3 Å². The van der Waals surface area contributed by atoms with Crippen LogP contribution in [0.15, 0.2) is 12.4 Å². The highest BCUT2D eigenvalue weighted by atomic mass is 35.5. The molecule has 0 saturated carbocycles. The van der Waals surface area contributed by atoms with Crippen molar-refractivity contribution in [3.63, 3.8) is 0 Å². The Morgan fingerprint density at radius 2 is 1.97 bits per heavy atom. The normalized spacial score (nSPS) is 12.0. The minimum absolute atomic E-state index is 0.162. The Morgan fingerprint density at radius 1 is 1.28 bits per heavy atom. The molecule has 0 aliphatic heterocycles. The zero-order chi connectivity index (χ0) is 21.7. The topological polar surface area (TPSA) is 99.5 Å². The van der Waals surface area contributed by atoms with Gasteiger partial charge in [-0.3, -0.25) is 9.48 Å². The number of carbonyl (C=O) groups is 3. The summed E-state index contributed by atoms with van der Waals surface area (Å²) in [6, 6.07) is 0. The van der Waals surface area contributed by atoms with Crippen molar-refractivity contribution >= 4 is 45.8 Å². The Bertz CT molecular complexity index is 906. The lowest BCUT2D eigenvalue weighted by Gasteiger charge is -2.13. The summed E-state index contributed by atoms with van der Waals surface area (Å²) in [7, 11) is 0. The summed E-state index contributed by atoms with van der Waals surface area (Å²) in [5, 5.41) is 7.54. The van der Waals surface area contributed by atoms with E-state index in [0.29, 0.717) is 17.1 Å². The first-order valence-electron chi connectivity index (χ1n) is 9.14. The fourth-order valence-electron chi connectivity index (χ4n) is 2.55. The Hall–Kier alpha value is -2.39. The van der Waals surface area contributed by atoms with Gasteiger partial charge < -0.3 is 14.8 Å². The first-order chi connectivity index (χ1) is 13.6. The summed E-state index contributed by atoms with van der Waals surface area (Å²) in [5.41, 5.74) is 0.579. The van der Waals surface area contributed by atoms with E-state index in [1.54, 1.807) is 45.5 Å². The molecule has 0 bridgehead atoms. The maximum Gasteiger partial charge on any atom is 0.348 e. The summed E-state index contributed by atoms with van der Waals surface area (Å²) < 4.78 is 11.9. The van der Waals surface area contributed by atoms with Crippen molar-refractivity contribution in [3.8, 4) is 0 Å². The van der Waals surface area contributed by atoms with Crippen molar-refractivity contribution in [1.29, 1.82) is 0 Å². The minimum atomic E-state index is -0.605. The van der Waals surface area contributed by atoms with E-state index in [2.05, 4.69) is 10.4 Å². The van der Waals surface area contributed by atoms with Crippen LogP contribution < -0.4 is 5.32 Å². The van der Waals surface area contributed by atoms with Gasteiger partial charge in [-0.25, -0.2) is 9.59 Å². The Labute approximate surface area is 178 Å². The largest absolute Gasteiger partial charge is 0.462 e. The van der Waals surface area contributed by atoms with Crippen LogP contribution in [0.5, 0.6) is 0 Å². The van der Waals surface area contributed by atoms with Crippen LogP contribution >= 0.6 is 22.9 Å². The van der Waals surface area contributed by atoms with Gasteiger partial charge in [0, 0.05) is 6.20 Å². The lowest BCUT2D eigenvalue weighted by atomic mass is 10.1.